The van der Waals surface area contributed by atoms with Crippen LogP contribution in [0, 0.1) is 6.92 Å². The lowest BCUT2D eigenvalue weighted by molar-refractivity contribution is 0.550. The summed E-state index contributed by atoms with van der Waals surface area (Å²) in [5.41, 5.74) is 7.57. The number of nitrogens with zero attached hydrogens (tertiary/aromatic N) is 5. The Balaban J connectivity index is 1.86. The fourth-order valence-electron chi connectivity index (χ4n) is 2.18. The molecular weight excluding hydrogens is 228 g/mol. The third-order valence-corrected chi connectivity index (χ3v) is 3.32. The second-order valence-corrected chi connectivity index (χ2v) is 4.44. The lowest BCUT2D eigenvalue weighted by Crippen LogP contribution is -2.35. The maximum Gasteiger partial charge on any atom is 0.225 e. The highest BCUT2D eigenvalue weighted by Gasteiger charge is 2.19. The maximum absolute atomic E-state index is 5.62. The molecule has 0 amide bonds. The second-order valence-electron chi connectivity index (χ2n) is 4.44. The van der Waals surface area contributed by atoms with Crippen LogP contribution in [0.1, 0.15) is 17.1 Å². The average molecular weight is 244 g/mol. The summed E-state index contributed by atoms with van der Waals surface area (Å²) in [5.74, 6) is 1.82. The Labute approximate surface area is 105 Å². The highest BCUT2D eigenvalue weighted by atomic mass is 15.3. The van der Waals surface area contributed by atoms with Gasteiger partial charge in [0.1, 0.15) is 5.82 Å². The first-order valence-corrected chi connectivity index (χ1v) is 6.05. The van der Waals surface area contributed by atoms with E-state index in [-0.39, 0.29) is 0 Å². The van der Waals surface area contributed by atoms with Gasteiger partial charge in [-0.2, -0.15) is 0 Å². The van der Waals surface area contributed by atoms with Crippen molar-refractivity contribution in [1.82, 2.24) is 19.5 Å². The molecule has 1 aliphatic rings. The van der Waals surface area contributed by atoms with E-state index in [1.807, 2.05) is 25.5 Å². The van der Waals surface area contributed by atoms with Crippen LogP contribution in [-0.2, 0) is 19.6 Å². The fourth-order valence-corrected chi connectivity index (χ4v) is 2.18. The molecule has 1 aliphatic heterocycles. The molecule has 6 nitrogen and oxygen atoms in total. The highest BCUT2D eigenvalue weighted by Crippen LogP contribution is 2.17. The molecule has 0 atom stereocenters. The van der Waals surface area contributed by atoms with Gasteiger partial charge in [-0.3, -0.25) is 0 Å². The molecule has 18 heavy (non-hydrogen) atoms. The molecule has 0 unspecified atom stereocenters. The zero-order valence-electron chi connectivity index (χ0n) is 10.4. The first-order chi connectivity index (χ1) is 8.78. The van der Waals surface area contributed by atoms with E-state index in [4.69, 9.17) is 5.73 Å². The molecule has 2 aromatic heterocycles. The SMILES string of the molecule is Cc1nc(N2CCn3ccnc3C2)ncc1CN. The van der Waals surface area contributed by atoms with Gasteiger partial charge in [0.05, 0.1) is 6.54 Å². The number of anilines is 1. The average Bonchev–Trinajstić information content (AvgIpc) is 2.85. The molecular formula is C12H16N6. The van der Waals surface area contributed by atoms with Crippen molar-refractivity contribution >= 4 is 5.95 Å². The zero-order chi connectivity index (χ0) is 12.5. The van der Waals surface area contributed by atoms with Crippen molar-refractivity contribution in [2.24, 2.45) is 5.73 Å². The van der Waals surface area contributed by atoms with Gasteiger partial charge < -0.3 is 15.2 Å². The van der Waals surface area contributed by atoms with E-state index >= 15 is 0 Å². The van der Waals surface area contributed by atoms with Gasteiger partial charge in [-0.25, -0.2) is 15.0 Å². The summed E-state index contributed by atoms with van der Waals surface area (Å²) in [7, 11) is 0. The van der Waals surface area contributed by atoms with E-state index < -0.39 is 0 Å². The molecule has 0 spiro atoms. The largest absolute Gasteiger partial charge is 0.332 e. The van der Waals surface area contributed by atoms with Crippen LogP contribution in [0.15, 0.2) is 18.6 Å². The maximum atomic E-state index is 5.62. The minimum absolute atomic E-state index is 0.483. The first kappa shape index (κ1) is 11.2. The van der Waals surface area contributed by atoms with Crippen molar-refractivity contribution < 1.29 is 0 Å². The zero-order valence-corrected chi connectivity index (χ0v) is 10.4. The number of rotatable bonds is 2. The number of nitrogens with two attached hydrogens (primary N) is 1. The predicted molar refractivity (Wildman–Crippen MR) is 67.9 cm³/mol. The molecule has 6 heteroatoms. The van der Waals surface area contributed by atoms with Gasteiger partial charge in [-0.1, -0.05) is 0 Å². The molecule has 0 saturated carbocycles. The molecule has 0 aliphatic carbocycles. The minimum atomic E-state index is 0.483. The van der Waals surface area contributed by atoms with Crippen LogP contribution in [0.25, 0.3) is 0 Å². The molecule has 0 aromatic carbocycles. The molecule has 2 aromatic rings. The second kappa shape index (κ2) is 4.38. The molecule has 2 N–H and O–H groups in total. The van der Waals surface area contributed by atoms with Crippen molar-refractivity contribution in [3.63, 3.8) is 0 Å². The Hall–Kier alpha value is -1.95. The van der Waals surface area contributed by atoms with Crippen LogP contribution in [0.2, 0.25) is 0 Å². The molecule has 94 valence electrons. The van der Waals surface area contributed by atoms with Crippen LogP contribution in [0.5, 0.6) is 0 Å². The normalized spacial score (nSPS) is 14.7. The molecule has 0 fully saturated rings. The number of aryl methyl sites for hydroxylation is 1. The van der Waals surface area contributed by atoms with Gasteiger partial charge in [0.25, 0.3) is 0 Å². The molecule has 0 radical (unpaired) electrons. The third-order valence-electron chi connectivity index (χ3n) is 3.32. The summed E-state index contributed by atoms with van der Waals surface area (Å²) in [4.78, 5) is 15.4. The van der Waals surface area contributed by atoms with Gasteiger partial charge in [-0.05, 0) is 6.92 Å². The van der Waals surface area contributed by atoms with Crippen molar-refractivity contribution in [1.29, 1.82) is 0 Å². The van der Waals surface area contributed by atoms with Crippen molar-refractivity contribution in [2.45, 2.75) is 26.6 Å². The quantitative estimate of drug-likeness (QED) is 0.831. The van der Waals surface area contributed by atoms with Gasteiger partial charge in [0.2, 0.25) is 5.95 Å². The summed E-state index contributed by atoms with van der Waals surface area (Å²) < 4.78 is 2.16. The van der Waals surface area contributed by atoms with Gasteiger partial charge in [-0.15, -0.1) is 0 Å². The van der Waals surface area contributed by atoms with E-state index in [0.717, 1.165) is 42.7 Å². The Morgan fingerprint density at radius 1 is 1.33 bits per heavy atom. The van der Waals surface area contributed by atoms with Crippen LogP contribution in [0.4, 0.5) is 5.95 Å². The smallest absolute Gasteiger partial charge is 0.225 e. The molecule has 3 rings (SSSR count). The summed E-state index contributed by atoms with van der Waals surface area (Å²) >= 11 is 0. The van der Waals surface area contributed by atoms with E-state index in [9.17, 15) is 0 Å². The van der Waals surface area contributed by atoms with Gasteiger partial charge >= 0.3 is 0 Å². The van der Waals surface area contributed by atoms with Crippen molar-refractivity contribution in [3.8, 4) is 0 Å². The Morgan fingerprint density at radius 3 is 3.00 bits per heavy atom. The van der Waals surface area contributed by atoms with E-state index in [2.05, 4.69) is 24.4 Å². The summed E-state index contributed by atoms with van der Waals surface area (Å²) in [6, 6.07) is 0. The third kappa shape index (κ3) is 1.84. The Morgan fingerprint density at radius 2 is 2.22 bits per heavy atom. The number of hydrogen-bond acceptors (Lipinski definition) is 5. The van der Waals surface area contributed by atoms with E-state index in [1.54, 1.807) is 0 Å². The van der Waals surface area contributed by atoms with Gasteiger partial charge in [0.15, 0.2) is 0 Å². The first-order valence-electron chi connectivity index (χ1n) is 6.05. The highest BCUT2D eigenvalue weighted by molar-refractivity contribution is 5.34. The Kier molecular flexibility index (Phi) is 2.71. The summed E-state index contributed by atoms with van der Waals surface area (Å²) in [5, 5.41) is 0. The lowest BCUT2D eigenvalue weighted by atomic mass is 10.2. The minimum Gasteiger partial charge on any atom is -0.332 e. The monoisotopic (exact) mass is 244 g/mol. The fraction of sp³-hybridized carbons (Fsp3) is 0.417. The lowest BCUT2D eigenvalue weighted by Gasteiger charge is -2.27. The predicted octanol–water partition coefficient (Wildman–Crippen LogP) is 0.460. The van der Waals surface area contributed by atoms with Crippen LogP contribution in [-0.4, -0.2) is 26.1 Å². The number of aromatic nitrogens is 4. The molecule has 0 bridgehead atoms. The van der Waals surface area contributed by atoms with Crippen LogP contribution >= 0.6 is 0 Å². The van der Waals surface area contributed by atoms with Crippen LogP contribution in [0.3, 0.4) is 0 Å². The molecule has 0 saturated heterocycles. The molecule has 3 heterocycles. The number of hydrogen-bond donors (Lipinski definition) is 1. The van der Waals surface area contributed by atoms with Crippen LogP contribution < -0.4 is 10.6 Å². The summed E-state index contributed by atoms with van der Waals surface area (Å²) in [6.45, 7) is 5.05. The van der Waals surface area contributed by atoms with Crippen molar-refractivity contribution in [3.05, 3.63) is 35.7 Å². The van der Waals surface area contributed by atoms with E-state index in [0.29, 0.717) is 6.54 Å². The van der Waals surface area contributed by atoms with E-state index in [1.165, 1.54) is 0 Å². The number of imidazole rings is 1. The van der Waals surface area contributed by atoms with Gasteiger partial charge in [0, 0.05) is 49.5 Å². The summed E-state index contributed by atoms with van der Waals surface area (Å²) in [6.07, 6.45) is 5.66. The standard InChI is InChI=1S/C12H16N6/c1-9-10(6-13)7-15-12(16-9)18-5-4-17-3-2-14-11(17)8-18/h2-3,7H,4-6,8,13H2,1H3. The Bertz CT molecular complexity index is 561. The van der Waals surface area contributed by atoms with Crippen molar-refractivity contribution in [2.75, 3.05) is 11.4 Å². The number of fused-ring (bicyclic) bond motifs is 1. The topological polar surface area (TPSA) is 72.9 Å².